The van der Waals surface area contributed by atoms with E-state index in [4.69, 9.17) is 5.73 Å². The summed E-state index contributed by atoms with van der Waals surface area (Å²) in [5.41, 5.74) is 6.34. The van der Waals surface area contributed by atoms with Gasteiger partial charge in [-0.2, -0.15) is 0 Å². The van der Waals surface area contributed by atoms with E-state index < -0.39 is 0 Å². The molecule has 1 aromatic rings. The number of carbonyl (C=O) groups excluding carboxylic acids is 1. The van der Waals surface area contributed by atoms with Crippen molar-refractivity contribution in [3.8, 4) is 0 Å². The summed E-state index contributed by atoms with van der Waals surface area (Å²) < 4.78 is 1.12. The van der Waals surface area contributed by atoms with E-state index in [1.165, 1.54) is 0 Å². The topological polar surface area (TPSA) is 55.1 Å². The third-order valence-corrected chi connectivity index (χ3v) is 3.20. The van der Waals surface area contributed by atoms with Gasteiger partial charge >= 0.3 is 0 Å². The third-order valence-electron chi connectivity index (χ3n) is 2.48. The van der Waals surface area contributed by atoms with Crippen LogP contribution < -0.4 is 11.1 Å². The van der Waals surface area contributed by atoms with Crippen LogP contribution in [0.5, 0.6) is 0 Å². The number of carbonyl (C=O) groups is 1. The molecule has 0 aliphatic carbocycles. The van der Waals surface area contributed by atoms with Crippen molar-refractivity contribution < 1.29 is 4.79 Å². The second-order valence-electron chi connectivity index (χ2n) is 4.54. The Labute approximate surface area is 116 Å². The minimum atomic E-state index is -0.0440. The average Bonchev–Trinajstić information content (AvgIpc) is 2.28. The van der Waals surface area contributed by atoms with Gasteiger partial charge in [-0.05, 0) is 59.2 Å². The number of benzene rings is 1. The predicted molar refractivity (Wildman–Crippen MR) is 78.9 cm³/mol. The molecule has 0 radical (unpaired) electrons. The van der Waals surface area contributed by atoms with E-state index in [-0.39, 0.29) is 11.9 Å². The largest absolute Gasteiger partial charge is 0.348 e. The number of hydrogen-bond donors (Lipinski definition) is 2. The van der Waals surface area contributed by atoms with Crippen molar-refractivity contribution in [1.82, 2.24) is 5.32 Å². The molecule has 0 aromatic heterocycles. The summed E-state index contributed by atoms with van der Waals surface area (Å²) in [6, 6.07) is 7.58. The van der Waals surface area contributed by atoms with Gasteiger partial charge in [0.05, 0.1) is 0 Å². The summed E-state index contributed by atoms with van der Waals surface area (Å²) >= 11 is 2.22. The zero-order valence-corrected chi connectivity index (χ0v) is 12.4. The first kappa shape index (κ1) is 14.4. The third kappa shape index (κ3) is 5.04. The van der Waals surface area contributed by atoms with Gasteiger partial charge < -0.3 is 11.1 Å². The summed E-state index contributed by atoms with van der Waals surface area (Å²) in [5.74, 6) is 0.484. The van der Waals surface area contributed by atoms with E-state index in [2.05, 4.69) is 41.8 Å². The molecule has 1 unspecified atom stereocenters. The van der Waals surface area contributed by atoms with E-state index in [1.54, 1.807) is 0 Å². The lowest BCUT2D eigenvalue weighted by atomic mass is 10.0. The minimum absolute atomic E-state index is 0.0440. The Morgan fingerprint density at radius 3 is 2.41 bits per heavy atom. The minimum Gasteiger partial charge on any atom is -0.348 e. The standard InChI is InChI=1S/C13H19IN2O/c1-9(2)7-12(8-15)16-13(17)10-3-5-11(14)6-4-10/h3-6,9,12H,7-8,15H2,1-2H3,(H,16,17). The zero-order chi connectivity index (χ0) is 12.8. The van der Waals surface area contributed by atoms with Crippen molar-refractivity contribution in [2.75, 3.05) is 6.54 Å². The van der Waals surface area contributed by atoms with Gasteiger partial charge in [0.2, 0.25) is 0 Å². The summed E-state index contributed by atoms with van der Waals surface area (Å²) in [6.45, 7) is 4.73. The molecule has 17 heavy (non-hydrogen) atoms. The molecule has 1 aromatic carbocycles. The van der Waals surface area contributed by atoms with Crippen LogP contribution >= 0.6 is 22.6 Å². The second kappa shape index (κ2) is 6.96. The number of nitrogens with two attached hydrogens (primary N) is 1. The van der Waals surface area contributed by atoms with Gasteiger partial charge in [-0.1, -0.05) is 13.8 Å². The molecule has 1 atom stereocenters. The van der Waals surface area contributed by atoms with Crippen LogP contribution in [0.3, 0.4) is 0 Å². The highest BCUT2D eigenvalue weighted by atomic mass is 127. The van der Waals surface area contributed by atoms with E-state index >= 15 is 0 Å². The lowest BCUT2D eigenvalue weighted by Gasteiger charge is -2.18. The summed E-state index contributed by atoms with van der Waals surface area (Å²) in [5, 5.41) is 2.97. The maximum Gasteiger partial charge on any atom is 0.251 e. The SMILES string of the molecule is CC(C)CC(CN)NC(=O)c1ccc(I)cc1. The quantitative estimate of drug-likeness (QED) is 0.805. The van der Waals surface area contributed by atoms with Gasteiger partial charge in [0.25, 0.3) is 5.91 Å². The maximum absolute atomic E-state index is 11.9. The van der Waals surface area contributed by atoms with Crippen LogP contribution in [0, 0.1) is 9.49 Å². The molecule has 0 spiro atoms. The fourth-order valence-corrected chi connectivity index (χ4v) is 2.01. The van der Waals surface area contributed by atoms with Crippen LogP contribution in [0.15, 0.2) is 24.3 Å². The number of hydrogen-bond acceptors (Lipinski definition) is 2. The van der Waals surface area contributed by atoms with Crippen molar-refractivity contribution >= 4 is 28.5 Å². The molecule has 0 heterocycles. The van der Waals surface area contributed by atoms with Crippen LogP contribution in [0.25, 0.3) is 0 Å². The first-order valence-corrected chi connectivity index (χ1v) is 6.87. The fourth-order valence-electron chi connectivity index (χ4n) is 1.65. The summed E-state index contributed by atoms with van der Waals surface area (Å²) in [7, 11) is 0. The molecule has 0 aliphatic rings. The molecule has 1 rings (SSSR count). The van der Waals surface area contributed by atoms with Crippen molar-refractivity contribution in [2.24, 2.45) is 11.7 Å². The molecule has 3 N–H and O–H groups in total. The van der Waals surface area contributed by atoms with Crippen LogP contribution in [-0.2, 0) is 0 Å². The van der Waals surface area contributed by atoms with E-state index in [1.807, 2.05) is 24.3 Å². The van der Waals surface area contributed by atoms with Gasteiger partial charge in [-0.25, -0.2) is 0 Å². The van der Waals surface area contributed by atoms with Crippen molar-refractivity contribution in [2.45, 2.75) is 26.3 Å². The molecule has 0 saturated heterocycles. The summed E-state index contributed by atoms with van der Waals surface area (Å²) in [4.78, 5) is 11.9. The van der Waals surface area contributed by atoms with Crippen LogP contribution in [0.1, 0.15) is 30.6 Å². The van der Waals surface area contributed by atoms with Crippen molar-refractivity contribution in [1.29, 1.82) is 0 Å². The Balaban J connectivity index is 2.61. The van der Waals surface area contributed by atoms with Crippen molar-refractivity contribution in [3.63, 3.8) is 0 Å². The van der Waals surface area contributed by atoms with Gasteiger partial charge in [-0.15, -0.1) is 0 Å². The van der Waals surface area contributed by atoms with Gasteiger partial charge in [0.1, 0.15) is 0 Å². The molecule has 4 heteroatoms. The number of amides is 1. The predicted octanol–water partition coefficient (Wildman–Crippen LogP) is 2.39. The lowest BCUT2D eigenvalue weighted by molar-refractivity contribution is 0.0934. The highest BCUT2D eigenvalue weighted by molar-refractivity contribution is 14.1. The van der Waals surface area contributed by atoms with E-state index in [9.17, 15) is 4.79 Å². The average molecular weight is 346 g/mol. The van der Waals surface area contributed by atoms with Crippen LogP contribution in [-0.4, -0.2) is 18.5 Å². The Hall–Kier alpha value is -0.620. The summed E-state index contributed by atoms with van der Waals surface area (Å²) in [6.07, 6.45) is 0.909. The Bertz CT molecular complexity index is 362. The van der Waals surface area contributed by atoms with Crippen molar-refractivity contribution in [3.05, 3.63) is 33.4 Å². The van der Waals surface area contributed by atoms with Crippen LogP contribution in [0.4, 0.5) is 0 Å². The highest BCUT2D eigenvalue weighted by Crippen LogP contribution is 2.08. The second-order valence-corrected chi connectivity index (χ2v) is 5.79. The van der Waals surface area contributed by atoms with E-state index in [0.717, 1.165) is 9.99 Å². The van der Waals surface area contributed by atoms with E-state index in [0.29, 0.717) is 18.0 Å². The molecule has 3 nitrogen and oxygen atoms in total. The molecule has 94 valence electrons. The normalized spacial score (nSPS) is 12.5. The zero-order valence-electron chi connectivity index (χ0n) is 10.2. The number of halogens is 1. The Kier molecular flexibility index (Phi) is 5.91. The molecule has 0 bridgehead atoms. The first-order valence-electron chi connectivity index (χ1n) is 5.79. The molecule has 0 saturated carbocycles. The lowest BCUT2D eigenvalue weighted by Crippen LogP contribution is -2.41. The number of rotatable bonds is 5. The maximum atomic E-state index is 11.9. The monoisotopic (exact) mass is 346 g/mol. The van der Waals surface area contributed by atoms with Crippen LogP contribution in [0.2, 0.25) is 0 Å². The fraction of sp³-hybridized carbons (Fsp3) is 0.462. The molecule has 0 aliphatic heterocycles. The van der Waals surface area contributed by atoms with Gasteiger partial charge in [0, 0.05) is 21.7 Å². The highest BCUT2D eigenvalue weighted by Gasteiger charge is 2.13. The molecular formula is C13H19IN2O. The smallest absolute Gasteiger partial charge is 0.251 e. The molecular weight excluding hydrogens is 327 g/mol. The Morgan fingerprint density at radius 1 is 1.35 bits per heavy atom. The van der Waals surface area contributed by atoms with Gasteiger partial charge in [-0.3, -0.25) is 4.79 Å². The number of nitrogens with one attached hydrogen (secondary N) is 1. The Morgan fingerprint density at radius 2 is 1.94 bits per heavy atom. The molecule has 0 fully saturated rings. The first-order chi connectivity index (χ1) is 8.02. The van der Waals surface area contributed by atoms with Gasteiger partial charge in [0.15, 0.2) is 0 Å². The molecule has 1 amide bonds.